The zero-order valence-corrected chi connectivity index (χ0v) is 21.0. The molecule has 0 radical (unpaired) electrons. The quantitative estimate of drug-likeness (QED) is 0.383. The highest BCUT2D eigenvalue weighted by Gasteiger charge is 2.18. The minimum atomic E-state index is -3.51. The number of carbonyl (C=O) groups is 1. The van der Waals surface area contributed by atoms with Gasteiger partial charge < -0.3 is 5.32 Å². The Labute approximate surface area is 205 Å². The predicted octanol–water partition coefficient (Wildman–Crippen LogP) is 5.28. The fourth-order valence-electron chi connectivity index (χ4n) is 3.17. The van der Waals surface area contributed by atoms with E-state index in [-0.39, 0.29) is 12.5 Å². The SMILES string of the molecule is Cc1ccc(CSCCNC(=O)c2ccc(CN(c3cccc(Cl)c3)S(C)(=O)=O)cc2)cc1. The van der Waals surface area contributed by atoms with Crippen LogP contribution in [0.15, 0.2) is 72.8 Å². The van der Waals surface area contributed by atoms with Gasteiger partial charge in [0.05, 0.1) is 18.5 Å². The Morgan fingerprint density at radius 1 is 1.00 bits per heavy atom. The lowest BCUT2D eigenvalue weighted by molar-refractivity contribution is 0.0956. The maximum absolute atomic E-state index is 12.4. The molecule has 0 aliphatic carbocycles. The normalized spacial score (nSPS) is 11.2. The first kappa shape index (κ1) is 25.1. The third-order valence-corrected chi connectivity index (χ3v) is 7.37. The Bertz CT molecular complexity index is 1180. The van der Waals surface area contributed by atoms with Crippen molar-refractivity contribution in [3.8, 4) is 0 Å². The number of halogens is 1. The van der Waals surface area contributed by atoms with Gasteiger partial charge in [-0.05, 0) is 48.4 Å². The highest BCUT2D eigenvalue weighted by Crippen LogP contribution is 2.24. The van der Waals surface area contributed by atoms with Gasteiger partial charge in [0.15, 0.2) is 0 Å². The van der Waals surface area contributed by atoms with E-state index in [0.29, 0.717) is 22.8 Å². The largest absolute Gasteiger partial charge is 0.351 e. The highest BCUT2D eigenvalue weighted by molar-refractivity contribution is 7.98. The number of carbonyl (C=O) groups excluding carboxylic acids is 1. The van der Waals surface area contributed by atoms with Crippen molar-refractivity contribution in [3.05, 3.63) is 100 Å². The van der Waals surface area contributed by atoms with Crippen molar-refractivity contribution in [3.63, 3.8) is 0 Å². The van der Waals surface area contributed by atoms with Crippen LogP contribution in [-0.2, 0) is 22.3 Å². The number of hydrogen-bond donors (Lipinski definition) is 1. The van der Waals surface area contributed by atoms with Gasteiger partial charge in [0, 0.05) is 28.6 Å². The van der Waals surface area contributed by atoms with E-state index in [4.69, 9.17) is 11.6 Å². The summed E-state index contributed by atoms with van der Waals surface area (Å²) < 4.78 is 25.9. The van der Waals surface area contributed by atoms with Crippen molar-refractivity contribution < 1.29 is 13.2 Å². The van der Waals surface area contributed by atoms with Gasteiger partial charge in [0.1, 0.15) is 0 Å². The van der Waals surface area contributed by atoms with Gasteiger partial charge >= 0.3 is 0 Å². The smallest absolute Gasteiger partial charge is 0.251 e. The number of anilines is 1. The molecule has 0 atom stereocenters. The van der Waals surface area contributed by atoms with Gasteiger partial charge in [-0.3, -0.25) is 9.10 Å². The topological polar surface area (TPSA) is 66.5 Å². The van der Waals surface area contributed by atoms with Gasteiger partial charge in [-0.15, -0.1) is 0 Å². The van der Waals surface area contributed by atoms with E-state index in [0.717, 1.165) is 23.3 Å². The summed E-state index contributed by atoms with van der Waals surface area (Å²) in [5.74, 6) is 1.59. The second kappa shape index (κ2) is 11.6. The number of aryl methyl sites for hydroxylation is 1. The lowest BCUT2D eigenvalue weighted by atomic mass is 10.1. The lowest BCUT2D eigenvalue weighted by Gasteiger charge is -2.22. The minimum Gasteiger partial charge on any atom is -0.351 e. The first-order chi connectivity index (χ1) is 15.7. The molecule has 174 valence electrons. The predicted molar refractivity (Wildman–Crippen MR) is 139 cm³/mol. The molecule has 3 aromatic carbocycles. The zero-order valence-electron chi connectivity index (χ0n) is 18.6. The molecule has 1 amide bonds. The van der Waals surface area contributed by atoms with E-state index in [1.54, 1.807) is 60.3 Å². The minimum absolute atomic E-state index is 0.146. The summed E-state index contributed by atoms with van der Waals surface area (Å²) in [5, 5.41) is 3.39. The van der Waals surface area contributed by atoms with Gasteiger partial charge in [-0.2, -0.15) is 11.8 Å². The third kappa shape index (κ3) is 7.81. The molecule has 0 fully saturated rings. The Morgan fingerprint density at radius 3 is 2.30 bits per heavy atom. The Morgan fingerprint density at radius 2 is 1.67 bits per heavy atom. The van der Waals surface area contributed by atoms with Crippen LogP contribution in [0.4, 0.5) is 5.69 Å². The number of sulfonamides is 1. The van der Waals surface area contributed by atoms with Crippen LogP contribution >= 0.6 is 23.4 Å². The molecular weight excluding hydrogens is 476 g/mol. The van der Waals surface area contributed by atoms with E-state index in [9.17, 15) is 13.2 Å². The van der Waals surface area contributed by atoms with E-state index < -0.39 is 10.0 Å². The number of benzene rings is 3. The number of nitrogens with one attached hydrogen (secondary N) is 1. The van der Waals surface area contributed by atoms with Crippen molar-refractivity contribution in [2.24, 2.45) is 0 Å². The molecule has 0 aromatic heterocycles. The van der Waals surface area contributed by atoms with Crippen LogP contribution in [0.1, 0.15) is 27.0 Å². The number of amides is 1. The fraction of sp³-hybridized carbons (Fsp3) is 0.240. The number of thioether (sulfide) groups is 1. The monoisotopic (exact) mass is 502 g/mol. The van der Waals surface area contributed by atoms with Crippen molar-refractivity contribution in [2.75, 3.05) is 22.9 Å². The van der Waals surface area contributed by atoms with Crippen LogP contribution in [0.3, 0.4) is 0 Å². The Kier molecular flexibility index (Phi) is 8.83. The average Bonchev–Trinajstić information content (AvgIpc) is 2.78. The molecule has 3 aromatic rings. The molecule has 33 heavy (non-hydrogen) atoms. The van der Waals surface area contributed by atoms with Gasteiger partial charge in [-0.25, -0.2) is 8.42 Å². The maximum Gasteiger partial charge on any atom is 0.251 e. The summed E-state index contributed by atoms with van der Waals surface area (Å²) in [5.41, 5.74) is 4.32. The summed E-state index contributed by atoms with van der Waals surface area (Å²) in [6.45, 7) is 2.80. The van der Waals surface area contributed by atoms with Crippen molar-refractivity contribution in [1.29, 1.82) is 0 Å². The molecule has 0 saturated carbocycles. The molecule has 8 heteroatoms. The Balaban J connectivity index is 1.52. The first-order valence-corrected chi connectivity index (χ1v) is 13.8. The van der Waals surface area contributed by atoms with Crippen LogP contribution in [-0.4, -0.2) is 32.9 Å². The number of rotatable bonds is 10. The third-order valence-electron chi connectivity index (χ3n) is 4.96. The van der Waals surface area contributed by atoms with Crippen LogP contribution in [0.2, 0.25) is 5.02 Å². The van der Waals surface area contributed by atoms with Crippen LogP contribution in [0, 0.1) is 6.92 Å². The van der Waals surface area contributed by atoms with Crippen molar-refractivity contribution in [1.82, 2.24) is 5.32 Å². The summed E-state index contributed by atoms with van der Waals surface area (Å²) in [4.78, 5) is 12.4. The zero-order chi connectivity index (χ0) is 23.8. The molecule has 5 nitrogen and oxygen atoms in total. The lowest BCUT2D eigenvalue weighted by Crippen LogP contribution is -2.29. The summed E-state index contributed by atoms with van der Waals surface area (Å²) in [7, 11) is -3.51. The molecule has 0 heterocycles. The highest BCUT2D eigenvalue weighted by atomic mass is 35.5. The fourth-order valence-corrected chi connectivity index (χ4v) is 5.06. The van der Waals surface area contributed by atoms with E-state index in [1.165, 1.54) is 15.4 Å². The molecule has 3 rings (SSSR count). The first-order valence-electron chi connectivity index (χ1n) is 10.5. The molecule has 0 saturated heterocycles. The van der Waals surface area contributed by atoms with Crippen LogP contribution in [0.5, 0.6) is 0 Å². The van der Waals surface area contributed by atoms with E-state index >= 15 is 0 Å². The molecular formula is C25H27ClN2O3S2. The van der Waals surface area contributed by atoms with Crippen molar-refractivity contribution in [2.45, 2.75) is 19.2 Å². The Hall–Kier alpha value is -2.48. The number of nitrogens with zero attached hydrogens (tertiary/aromatic N) is 1. The molecule has 0 spiro atoms. The van der Waals surface area contributed by atoms with Gasteiger partial charge in [0.2, 0.25) is 10.0 Å². The molecule has 0 aliphatic heterocycles. The maximum atomic E-state index is 12.4. The van der Waals surface area contributed by atoms with Crippen LogP contribution in [0.25, 0.3) is 0 Å². The van der Waals surface area contributed by atoms with Gasteiger partial charge in [0.25, 0.3) is 5.91 Å². The molecule has 1 N–H and O–H groups in total. The summed E-state index contributed by atoms with van der Waals surface area (Å²) in [6.07, 6.45) is 1.16. The van der Waals surface area contributed by atoms with Crippen molar-refractivity contribution >= 4 is 45.0 Å². The van der Waals surface area contributed by atoms with E-state index in [1.807, 2.05) is 0 Å². The second-order valence-electron chi connectivity index (χ2n) is 7.74. The molecule has 0 bridgehead atoms. The second-order valence-corrected chi connectivity index (χ2v) is 11.2. The summed E-state index contributed by atoms with van der Waals surface area (Å²) >= 11 is 7.80. The summed E-state index contributed by atoms with van der Waals surface area (Å²) in [6, 6.07) is 22.1. The van der Waals surface area contributed by atoms with Gasteiger partial charge in [-0.1, -0.05) is 59.6 Å². The average molecular weight is 503 g/mol. The standard InChI is InChI=1S/C25H27ClN2O3S2/c1-19-6-8-21(9-7-19)18-32-15-14-27-25(29)22-12-10-20(11-13-22)17-28(33(2,30)31)24-5-3-4-23(26)16-24/h3-13,16H,14-15,17-18H2,1-2H3,(H,27,29). The molecule has 0 aliphatic rings. The molecule has 0 unspecified atom stereocenters. The van der Waals surface area contributed by atoms with Crippen LogP contribution < -0.4 is 9.62 Å². The number of hydrogen-bond acceptors (Lipinski definition) is 4. The van der Waals surface area contributed by atoms with E-state index in [2.05, 4.69) is 36.5 Å².